The Kier molecular flexibility index (Phi) is 3.52. The molecule has 23 heavy (non-hydrogen) atoms. The van der Waals surface area contributed by atoms with Crippen molar-refractivity contribution in [3.63, 3.8) is 0 Å². The predicted molar refractivity (Wildman–Crippen MR) is 87.8 cm³/mol. The van der Waals surface area contributed by atoms with Crippen molar-refractivity contribution in [1.82, 2.24) is 15.0 Å². The van der Waals surface area contributed by atoms with Crippen molar-refractivity contribution < 1.29 is 9.32 Å². The van der Waals surface area contributed by atoms with E-state index in [0.717, 1.165) is 42.8 Å². The van der Waals surface area contributed by atoms with E-state index >= 15 is 0 Å². The molecule has 122 valence electrons. The van der Waals surface area contributed by atoms with Gasteiger partial charge in [0.15, 0.2) is 0 Å². The number of aryl methyl sites for hydroxylation is 3. The maximum atomic E-state index is 13.1. The fourth-order valence-corrected chi connectivity index (χ4v) is 4.64. The van der Waals surface area contributed by atoms with Crippen molar-refractivity contribution in [1.29, 1.82) is 0 Å². The first-order valence-electron chi connectivity index (χ1n) is 8.25. The quantitative estimate of drug-likeness (QED) is 0.859. The predicted octanol–water partition coefficient (Wildman–Crippen LogP) is 3.77. The van der Waals surface area contributed by atoms with Gasteiger partial charge < -0.3 is 9.42 Å². The molecule has 0 N–H and O–H groups in total. The zero-order valence-corrected chi connectivity index (χ0v) is 14.6. The van der Waals surface area contributed by atoms with Gasteiger partial charge in [0.1, 0.15) is 11.3 Å². The molecule has 0 spiro atoms. The fourth-order valence-electron chi connectivity index (χ4n) is 3.49. The van der Waals surface area contributed by atoms with Crippen LogP contribution in [0.15, 0.2) is 4.52 Å². The lowest BCUT2D eigenvalue weighted by molar-refractivity contribution is 0.0715. The van der Waals surface area contributed by atoms with E-state index in [4.69, 9.17) is 4.52 Å². The third-order valence-electron chi connectivity index (χ3n) is 4.88. The van der Waals surface area contributed by atoms with Crippen LogP contribution in [-0.4, -0.2) is 28.0 Å². The number of amides is 1. The second-order valence-electron chi connectivity index (χ2n) is 6.64. The zero-order valence-electron chi connectivity index (χ0n) is 13.8. The van der Waals surface area contributed by atoms with E-state index in [2.05, 4.69) is 10.1 Å². The Balaban J connectivity index is 1.66. The third kappa shape index (κ3) is 2.49. The van der Waals surface area contributed by atoms with E-state index in [1.54, 1.807) is 11.3 Å². The first-order chi connectivity index (χ1) is 11.1. The van der Waals surface area contributed by atoms with Crippen LogP contribution in [0.3, 0.4) is 0 Å². The molecule has 0 saturated heterocycles. The van der Waals surface area contributed by atoms with Crippen molar-refractivity contribution in [3.05, 3.63) is 32.6 Å². The highest BCUT2D eigenvalue weighted by molar-refractivity contribution is 7.11. The topological polar surface area (TPSA) is 59.2 Å². The summed E-state index contributed by atoms with van der Waals surface area (Å²) in [6.07, 6.45) is 5.32. The fraction of sp³-hybridized carbons (Fsp3) is 0.588. The Morgan fingerprint density at radius 2 is 2.09 bits per heavy atom. The van der Waals surface area contributed by atoms with Gasteiger partial charge in [0, 0.05) is 13.0 Å². The van der Waals surface area contributed by atoms with E-state index in [1.807, 2.05) is 25.8 Å². The SMILES string of the molecule is Cc1nc2c(s1)C(N(C)C(=O)c1c(C3CC3)noc1C)CCC2. The van der Waals surface area contributed by atoms with Crippen molar-refractivity contribution >= 4 is 17.2 Å². The number of fused-ring (bicyclic) bond motifs is 1. The summed E-state index contributed by atoms with van der Waals surface area (Å²) in [5.41, 5.74) is 2.71. The van der Waals surface area contributed by atoms with E-state index in [0.29, 0.717) is 17.2 Å². The molecule has 0 radical (unpaired) electrons. The van der Waals surface area contributed by atoms with E-state index in [1.165, 1.54) is 10.6 Å². The van der Waals surface area contributed by atoms with Crippen LogP contribution in [0.4, 0.5) is 0 Å². The van der Waals surface area contributed by atoms with Crippen molar-refractivity contribution in [2.45, 2.75) is 57.9 Å². The molecule has 2 aliphatic rings. The lowest BCUT2D eigenvalue weighted by Crippen LogP contribution is -2.33. The summed E-state index contributed by atoms with van der Waals surface area (Å²) in [6, 6.07) is 0.124. The Hall–Kier alpha value is -1.69. The average molecular weight is 331 g/mol. The zero-order chi connectivity index (χ0) is 16.1. The summed E-state index contributed by atoms with van der Waals surface area (Å²) < 4.78 is 5.32. The molecule has 2 aromatic heterocycles. The summed E-state index contributed by atoms with van der Waals surface area (Å²) in [4.78, 5) is 20.9. The molecule has 1 amide bonds. The van der Waals surface area contributed by atoms with Crippen LogP contribution in [0, 0.1) is 13.8 Å². The molecule has 2 aromatic rings. The smallest absolute Gasteiger partial charge is 0.259 e. The van der Waals surface area contributed by atoms with Gasteiger partial charge >= 0.3 is 0 Å². The Morgan fingerprint density at radius 1 is 1.30 bits per heavy atom. The summed E-state index contributed by atoms with van der Waals surface area (Å²) in [5, 5.41) is 5.23. The Bertz CT molecular complexity index is 760. The van der Waals surface area contributed by atoms with Gasteiger partial charge in [-0.2, -0.15) is 0 Å². The highest BCUT2D eigenvalue weighted by atomic mass is 32.1. The molecule has 1 unspecified atom stereocenters. The number of hydrogen-bond acceptors (Lipinski definition) is 5. The van der Waals surface area contributed by atoms with Crippen LogP contribution in [0.2, 0.25) is 0 Å². The number of thiazole rings is 1. The van der Waals surface area contributed by atoms with Gasteiger partial charge in [-0.25, -0.2) is 4.98 Å². The van der Waals surface area contributed by atoms with Crippen LogP contribution >= 0.6 is 11.3 Å². The highest BCUT2D eigenvalue weighted by Crippen LogP contribution is 2.43. The summed E-state index contributed by atoms with van der Waals surface area (Å²) in [6.45, 7) is 3.88. The van der Waals surface area contributed by atoms with E-state index in [9.17, 15) is 4.79 Å². The molecule has 1 saturated carbocycles. The molecular formula is C17H21N3O2S. The Labute approximate surface area is 139 Å². The summed E-state index contributed by atoms with van der Waals surface area (Å²) >= 11 is 1.72. The molecule has 5 nitrogen and oxygen atoms in total. The third-order valence-corrected chi connectivity index (χ3v) is 6.00. The van der Waals surface area contributed by atoms with Gasteiger partial charge in [-0.3, -0.25) is 4.79 Å². The van der Waals surface area contributed by atoms with Gasteiger partial charge in [0.2, 0.25) is 0 Å². The van der Waals surface area contributed by atoms with E-state index < -0.39 is 0 Å². The standard InChI is InChI=1S/C17H21N3O2S/c1-9-14(15(19-22-9)11-7-8-11)17(21)20(3)13-6-4-5-12-16(13)23-10(2)18-12/h11,13H,4-8H2,1-3H3. The molecule has 1 atom stereocenters. The summed E-state index contributed by atoms with van der Waals surface area (Å²) in [7, 11) is 1.90. The minimum Gasteiger partial charge on any atom is -0.361 e. The largest absolute Gasteiger partial charge is 0.361 e. The van der Waals surface area contributed by atoms with Crippen molar-refractivity contribution in [2.75, 3.05) is 7.05 Å². The maximum absolute atomic E-state index is 13.1. The van der Waals surface area contributed by atoms with Crippen LogP contribution < -0.4 is 0 Å². The summed E-state index contributed by atoms with van der Waals surface area (Å²) in [5.74, 6) is 1.09. The number of rotatable bonds is 3. The molecule has 0 aliphatic heterocycles. The molecule has 0 aromatic carbocycles. The highest BCUT2D eigenvalue weighted by Gasteiger charge is 2.37. The van der Waals surface area contributed by atoms with Gasteiger partial charge in [0.25, 0.3) is 5.91 Å². The Morgan fingerprint density at radius 3 is 2.83 bits per heavy atom. The van der Waals surface area contributed by atoms with Crippen LogP contribution in [0.25, 0.3) is 0 Å². The van der Waals surface area contributed by atoms with Crippen LogP contribution in [0.5, 0.6) is 0 Å². The molecule has 6 heteroatoms. The molecule has 1 fully saturated rings. The normalized spacial score (nSPS) is 20.4. The molecule has 0 bridgehead atoms. The van der Waals surface area contributed by atoms with Crippen LogP contribution in [0.1, 0.15) is 75.0 Å². The minimum atomic E-state index is 0.0366. The first-order valence-corrected chi connectivity index (χ1v) is 9.07. The second kappa shape index (κ2) is 5.44. The van der Waals surface area contributed by atoms with E-state index in [-0.39, 0.29) is 11.9 Å². The lowest BCUT2D eigenvalue weighted by Gasteiger charge is -2.30. The monoisotopic (exact) mass is 331 g/mol. The van der Waals surface area contributed by atoms with Crippen molar-refractivity contribution in [3.8, 4) is 0 Å². The maximum Gasteiger partial charge on any atom is 0.259 e. The van der Waals surface area contributed by atoms with Crippen molar-refractivity contribution in [2.24, 2.45) is 0 Å². The number of nitrogens with zero attached hydrogens (tertiary/aromatic N) is 3. The lowest BCUT2D eigenvalue weighted by atomic mass is 9.96. The van der Waals surface area contributed by atoms with Gasteiger partial charge in [-0.15, -0.1) is 11.3 Å². The van der Waals surface area contributed by atoms with Crippen LogP contribution in [-0.2, 0) is 6.42 Å². The number of carbonyl (C=O) groups excluding carboxylic acids is 1. The second-order valence-corrected chi connectivity index (χ2v) is 7.88. The number of aromatic nitrogens is 2. The number of hydrogen-bond donors (Lipinski definition) is 0. The minimum absolute atomic E-state index is 0.0366. The van der Waals surface area contributed by atoms with Gasteiger partial charge in [-0.05, 0) is 46.0 Å². The molecule has 2 heterocycles. The average Bonchev–Trinajstić information content (AvgIpc) is 3.19. The number of carbonyl (C=O) groups is 1. The van der Waals surface area contributed by atoms with Gasteiger partial charge in [0.05, 0.1) is 27.3 Å². The van der Waals surface area contributed by atoms with Gasteiger partial charge in [-0.1, -0.05) is 5.16 Å². The molecular weight excluding hydrogens is 310 g/mol. The molecule has 2 aliphatic carbocycles. The first kappa shape index (κ1) is 14.9. The molecule has 4 rings (SSSR count).